The number of aromatic nitrogens is 1. The van der Waals surface area contributed by atoms with E-state index >= 15 is 0 Å². The highest BCUT2D eigenvalue weighted by Gasteiger charge is 2.26. The fraction of sp³-hybridized carbons (Fsp3) is 0.0938. The topological polar surface area (TPSA) is 16.4 Å². The minimum atomic E-state index is 0.868. The fourth-order valence-electron chi connectivity index (χ4n) is 5.17. The average molecular weight is 456 g/mol. The van der Waals surface area contributed by atoms with Gasteiger partial charge in [-0.15, -0.1) is 0 Å². The summed E-state index contributed by atoms with van der Waals surface area (Å²) in [5.41, 5.74) is 6.96. The van der Waals surface area contributed by atoms with E-state index in [9.17, 15) is 0 Å². The molecule has 0 saturated heterocycles. The average Bonchev–Trinajstić information content (AvgIpc) is 2.91. The van der Waals surface area contributed by atoms with E-state index in [0.29, 0.717) is 0 Å². The third-order valence-corrected chi connectivity index (χ3v) is 6.80. The summed E-state index contributed by atoms with van der Waals surface area (Å²) in [7, 11) is 5.94. The Morgan fingerprint density at radius 1 is 0.657 bits per heavy atom. The Balaban J connectivity index is 1.90. The van der Waals surface area contributed by atoms with Gasteiger partial charge in [0.15, 0.2) is 0 Å². The van der Waals surface area contributed by atoms with Gasteiger partial charge < -0.3 is 9.64 Å². The van der Waals surface area contributed by atoms with Gasteiger partial charge in [-0.2, -0.15) is 4.57 Å². The first kappa shape index (κ1) is 21.2. The van der Waals surface area contributed by atoms with Gasteiger partial charge in [-0.3, -0.25) is 0 Å². The van der Waals surface area contributed by atoms with Gasteiger partial charge in [0.2, 0.25) is 16.7 Å². The number of ether oxygens (including phenoxy) is 1. The Labute approximate surface area is 205 Å². The van der Waals surface area contributed by atoms with E-state index in [1.165, 1.54) is 27.3 Å². The first-order chi connectivity index (χ1) is 17.2. The standard InChI is InChI=1S/C32H27N2O/c1-33(2)24-19-20-28-27(21-24)31(26-16-9-12-22-11-7-8-15-25(22)26)32-29(17-10-18-30(32)35-3)34(28)23-13-5-4-6-14-23/h4-21H,1-3H3/q+1. The highest BCUT2D eigenvalue weighted by Crippen LogP contribution is 2.42. The quantitative estimate of drug-likeness (QED) is 0.207. The minimum Gasteiger partial charge on any atom is -0.496 e. The van der Waals surface area contributed by atoms with Gasteiger partial charge >= 0.3 is 0 Å². The molecular formula is C32H27N2O+. The SMILES string of the molecule is COc1cccc2c1c(-c1cccc3ccccc13)c1cc(N(C)C)ccc1[n+]2-c1ccccc1. The van der Waals surface area contributed by atoms with Crippen LogP contribution in [0.25, 0.3) is 49.4 Å². The van der Waals surface area contributed by atoms with E-state index in [1.807, 2.05) is 0 Å². The molecule has 0 bridgehead atoms. The van der Waals surface area contributed by atoms with Crippen molar-refractivity contribution in [2.75, 3.05) is 26.1 Å². The van der Waals surface area contributed by atoms with Crippen molar-refractivity contribution in [3.05, 3.63) is 109 Å². The summed E-state index contributed by atoms with van der Waals surface area (Å²) in [6.45, 7) is 0. The number of methoxy groups -OCH3 is 1. The lowest BCUT2D eigenvalue weighted by molar-refractivity contribution is -0.537. The largest absolute Gasteiger partial charge is 0.496 e. The van der Waals surface area contributed by atoms with Crippen LogP contribution < -0.4 is 14.2 Å². The molecule has 0 amide bonds. The van der Waals surface area contributed by atoms with Crippen LogP contribution in [0.4, 0.5) is 5.69 Å². The van der Waals surface area contributed by atoms with E-state index in [-0.39, 0.29) is 0 Å². The van der Waals surface area contributed by atoms with Crippen LogP contribution in [-0.2, 0) is 0 Å². The van der Waals surface area contributed by atoms with Gasteiger partial charge in [0.05, 0.1) is 17.9 Å². The second kappa shape index (κ2) is 8.44. The molecule has 3 heteroatoms. The molecule has 0 unspecified atom stereocenters. The molecule has 0 saturated carbocycles. The van der Waals surface area contributed by atoms with E-state index in [0.717, 1.165) is 33.5 Å². The lowest BCUT2D eigenvalue weighted by atomic mass is 9.91. The van der Waals surface area contributed by atoms with Gasteiger partial charge in [-0.1, -0.05) is 66.7 Å². The van der Waals surface area contributed by atoms with Crippen LogP contribution in [0.2, 0.25) is 0 Å². The predicted octanol–water partition coefficient (Wildman–Crippen LogP) is 7.16. The first-order valence-corrected chi connectivity index (χ1v) is 11.9. The monoisotopic (exact) mass is 455 g/mol. The van der Waals surface area contributed by atoms with Gasteiger partial charge in [0, 0.05) is 49.6 Å². The number of pyridine rings is 1. The van der Waals surface area contributed by atoms with Gasteiger partial charge in [-0.05, 0) is 34.5 Å². The molecule has 0 radical (unpaired) electrons. The van der Waals surface area contributed by atoms with Gasteiger partial charge in [0.25, 0.3) is 0 Å². The number of hydrogen-bond acceptors (Lipinski definition) is 2. The number of hydrogen-bond donors (Lipinski definition) is 0. The van der Waals surface area contributed by atoms with E-state index < -0.39 is 0 Å². The third kappa shape index (κ3) is 3.39. The van der Waals surface area contributed by atoms with Crippen molar-refractivity contribution in [1.82, 2.24) is 0 Å². The lowest BCUT2D eigenvalue weighted by Crippen LogP contribution is -2.33. The van der Waals surface area contributed by atoms with Crippen LogP contribution in [-0.4, -0.2) is 21.2 Å². The molecule has 0 aliphatic carbocycles. The molecule has 3 nitrogen and oxygen atoms in total. The normalized spacial score (nSPS) is 11.3. The number of anilines is 1. The second-order valence-corrected chi connectivity index (χ2v) is 9.02. The maximum Gasteiger partial charge on any atom is 0.223 e. The van der Waals surface area contributed by atoms with Gasteiger partial charge in [0.1, 0.15) is 5.75 Å². The highest BCUT2D eigenvalue weighted by atomic mass is 16.5. The predicted molar refractivity (Wildman–Crippen MR) is 147 cm³/mol. The molecule has 6 rings (SSSR count). The maximum absolute atomic E-state index is 6.00. The molecule has 5 aromatic carbocycles. The molecule has 170 valence electrons. The maximum atomic E-state index is 6.00. The van der Waals surface area contributed by atoms with Crippen LogP contribution in [0, 0.1) is 0 Å². The minimum absolute atomic E-state index is 0.868. The highest BCUT2D eigenvalue weighted by molar-refractivity contribution is 6.15. The van der Waals surface area contributed by atoms with Crippen molar-refractivity contribution in [1.29, 1.82) is 0 Å². The Bertz CT molecular complexity index is 1700. The summed E-state index contributed by atoms with van der Waals surface area (Å²) < 4.78 is 8.34. The molecule has 0 spiro atoms. The summed E-state index contributed by atoms with van der Waals surface area (Å²) >= 11 is 0. The lowest BCUT2D eigenvalue weighted by Gasteiger charge is -2.18. The Kier molecular flexibility index (Phi) is 5.11. The molecule has 0 fully saturated rings. The van der Waals surface area contributed by atoms with E-state index in [4.69, 9.17) is 4.74 Å². The third-order valence-electron chi connectivity index (χ3n) is 6.80. The summed E-state index contributed by atoms with van der Waals surface area (Å²) in [4.78, 5) is 2.16. The van der Waals surface area contributed by atoms with Crippen molar-refractivity contribution in [2.45, 2.75) is 0 Å². The molecule has 1 heterocycles. The van der Waals surface area contributed by atoms with Crippen molar-refractivity contribution >= 4 is 38.3 Å². The molecule has 0 aliphatic heterocycles. The van der Waals surface area contributed by atoms with Crippen molar-refractivity contribution < 1.29 is 9.30 Å². The number of benzene rings is 5. The van der Waals surface area contributed by atoms with Crippen molar-refractivity contribution in [2.24, 2.45) is 0 Å². The van der Waals surface area contributed by atoms with Crippen LogP contribution in [0.15, 0.2) is 109 Å². The summed E-state index contributed by atoms with van der Waals surface area (Å²) in [6.07, 6.45) is 0. The Morgan fingerprint density at radius 2 is 1.40 bits per heavy atom. The Hall–Kier alpha value is -4.37. The number of fused-ring (bicyclic) bond motifs is 3. The molecule has 0 aliphatic rings. The smallest absolute Gasteiger partial charge is 0.223 e. The van der Waals surface area contributed by atoms with Crippen LogP contribution in [0.3, 0.4) is 0 Å². The summed E-state index contributed by atoms with van der Waals surface area (Å²) in [5, 5.41) is 4.76. The number of nitrogens with zero attached hydrogens (tertiary/aromatic N) is 2. The van der Waals surface area contributed by atoms with E-state index in [2.05, 4.69) is 133 Å². The van der Waals surface area contributed by atoms with Gasteiger partial charge in [-0.25, -0.2) is 0 Å². The van der Waals surface area contributed by atoms with Crippen LogP contribution in [0.5, 0.6) is 5.75 Å². The summed E-state index contributed by atoms with van der Waals surface area (Å²) in [6, 6.07) is 38.8. The zero-order valence-corrected chi connectivity index (χ0v) is 20.2. The Morgan fingerprint density at radius 3 is 2.20 bits per heavy atom. The van der Waals surface area contributed by atoms with Crippen molar-refractivity contribution in [3.63, 3.8) is 0 Å². The van der Waals surface area contributed by atoms with Crippen molar-refractivity contribution in [3.8, 4) is 22.6 Å². The van der Waals surface area contributed by atoms with E-state index in [1.54, 1.807) is 7.11 Å². The molecular weight excluding hydrogens is 428 g/mol. The first-order valence-electron chi connectivity index (χ1n) is 11.9. The van der Waals surface area contributed by atoms with Crippen LogP contribution >= 0.6 is 0 Å². The fourth-order valence-corrected chi connectivity index (χ4v) is 5.17. The van der Waals surface area contributed by atoms with Crippen LogP contribution in [0.1, 0.15) is 0 Å². The second-order valence-electron chi connectivity index (χ2n) is 9.02. The molecule has 0 atom stereocenters. The molecule has 6 aromatic rings. The molecule has 0 N–H and O–H groups in total. The number of para-hydroxylation sites is 1. The summed E-state index contributed by atoms with van der Waals surface area (Å²) in [5.74, 6) is 0.868. The zero-order chi connectivity index (χ0) is 23.9. The number of rotatable bonds is 4. The zero-order valence-electron chi connectivity index (χ0n) is 20.2. The molecule has 35 heavy (non-hydrogen) atoms. The molecule has 1 aromatic heterocycles.